The molecule has 5 rings (SSSR count). The third kappa shape index (κ3) is 3.82. The average Bonchev–Trinajstić information content (AvgIpc) is 3.53. The number of nitrogens with zero attached hydrogens (tertiary/aromatic N) is 3. The van der Waals surface area contributed by atoms with Crippen molar-refractivity contribution in [1.29, 1.82) is 0 Å². The van der Waals surface area contributed by atoms with E-state index in [1.807, 2.05) is 48.7 Å². The number of thiophene rings is 1. The second-order valence-electron chi connectivity index (χ2n) is 8.06. The summed E-state index contributed by atoms with van der Waals surface area (Å²) in [6.07, 6.45) is 3.22. The van der Waals surface area contributed by atoms with Crippen molar-refractivity contribution in [3.8, 4) is 10.4 Å². The first-order valence-corrected chi connectivity index (χ1v) is 11.6. The van der Waals surface area contributed by atoms with Gasteiger partial charge in [-0.3, -0.25) is 19.4 Å². The fourth-order valence-electron chi connectivity index (χ4n) is 4.29. The SMILES string of the molecule is C[C@@H]1CN(C(=O)c2ccccc2)CCN1C(=O)C(=O)c1c[nH]c2c(-c3cccs3)ccnc12. The molecule has 0 spiro atoms. The zero-order chi connectivity index (χ0) is 22.9. The van der Waals surface area contributed by atoms with Gasteiger partial charge in [-0.1, -0.05) is 24.3 Å². The van der Waals surface area contributed by atoms with E-state index in [1.165, 1.54) is 0 Å². The second-order valence-corrected chi connectivity index (χ2v) is 9.00. The van der Waals surface area contributed by atoms with E-state index in [0.29, 0.717) is 30.7 Å². The maximum Gasteiger partial charge on any atom is 0.295 e. The standard InChI is InChI=1S/C25H22N4O3S/c1-16-15-28(24(31)17-6-3-2-4-7-17)11-12-29(16)25(32)23(30)19-14-27-21-18(9-10-26-22(19)21)20-8-5-13-33-20/h2-10,13-14,16,27H,11-12,15H2,1H3/t16-/m1/s1. The molecular weight excluding hydrogens is 436 g/mol. The smallest absolute Gasteiger partial charge is 0.295 e. The van der Waals surface area contributed by atoms with Crippen molar-refractivity contribution < 1.29 is 14.4 Å². The molecule has 1 aliphatic rings. The summed E-state index contributed by atoms with van der Waals surface area (Å²) >= 11 is 1.60. The lowest BCUT2D eigenvalue weighted by Gasteiger charge is -2.39. The highest BCUT2D eigenvalue weighted by molar-refractivity contribution is 7.13. The highest BCUT2D eigenvalue weighted by Crippen LogP contribution is 2.31. The van der Waals surface area contributed by atoms with Gasteiger partial charge in [-0.05, 0) is 36.6 Å². The number of aromatic amines is 1. The summed E-state index contributed by atoms with van der Waals surface area (Å²) in [5, 5.41) is 1.99. The third-order valence-electron chi connectivity index (χ3n) is 5.99. The minimum absolute atomic E-state index is 0.0668. The van der Waals surface area contributed by atoms with E-state index in [-0.39, 0.29) is 17.5 Å². The number of aromatic nitrogens is 2. The number of H-pyrrole nitrogens is 1. The van der Waals surface area contributed by atoms with E-state index >= 15 is 0 Å². The maximum atomic E-state index is 13.2. The predicted octanol–water partition coefficient (Wildman–Crippen LogP) is 3.85. The van der Waals surface area contributed by atoms with E-state index in [2.05, 4.69) is 9.97 Å². The number of ketones is 1. The van der Waals surface area contributed by atoms with Gasteiger partial charge in [-0.15, -0.1) is 11.3 Å². The van der Waals surface area contributed by atoms with Crippen molar-refractivity contribution >= 4 is 40.0 Å². The van der Waals surface area contributed by atoms with Gasteiger partial charge in [0, 0.05) is 54.1 Å². The van der Waals surface area contributed by atoms with Crippen molar-refractivity contribution in [2.24, 2.45) is 0 Å². The van der Waals surface area contributed by atoms with Crippen LogP contribution in [0.5, 0.6) is 0 Å². The molecule has 7 nitrogen and oxygen atoms in total. The number of rotatable bonds is 4. The molecule has 1 fully saturated rings. The zero-order valence-electron chi connectivity index (χ0n) is 18.0. The Morgan fingerprint density at radius 2 is 1.88 bits per heavy atom. The van der Waals surface area contributed by atoms with Gasteiger partial charge in [-0.2, -0.15) is 0 Å². The summed E-state index contributed by atoms with van der Waals surface area (Å²) in [5.74, 6) is -1.23. The van der Waals surface area contributed by atoms with Crippen LogP contribution < -0.4 is 0 Å². The average molecular weight is 459 g/mol. The molecule has 1 saturated heterocycles. The number of nitrogens with one attached hydrogen (secondary N) is 1. The Balaban J connectivity index is 1.34. The van der Waals surface area contributed by atoms with Gasteiger partial charge in [0.05, 0.1) is 16.6 Å². The van der Waals surface area contributed by atoms with Gasteiger partial charge in [-0.25, -0.2) is 0 Å². The second kappa shape index (κ2) is 8.63. The van der Waals surface area contributed by atoms with Crippen LogP contribution >= 0.6 is 11.3 Å². The Kier molecular flexibility index (Phi) is 5.51. The van der Waals surface area contributed by atoms with Crippen LogP contribution in [0, 0.1) is 0 Å². The van der Waals surface area contributed by atoms with Crippen LogP contribution in [0.2, 0.25) is 0 Å². The molecule has 0 saturated carbocycles. The summed E-state index contributed by atoms with van der Waals surface area (Å²) in [7, 11) is 0. The summed E-state index contributed by atoms with van der Waals surface area (Å²) < 4.78 is 0. The van der Waals surface area contributed by atoms with Gasteiger partial charge >= 0.3 is 0 Å². The lowest BCUT2D eigenvalue weighted by atomic mass is 10.1. The van der Waals surface area contributed by atoms with Crippen LogP contribution in [0.3, 0.4) is 0 Å². The molecule has 4 heterocycles. The van der Waals surface area contributed by atoms with Crippen LogP contribution in [0.4, 0.5) is 0 Å². The molecule has 1 aromatic carbocycles. The highest BCUT2D eigenvalue weighted by Gasteiger charge is 2.34. The maximum absolute atomic E-state index is 13.2. The minimum Gasteiger partial charge on any atom is -0.359 e. The topological polar surface area (TPSA) is 86.4 Å². The summed E-state index contributed by atoms with van der Waals surface area (Å²) in [6, 6.07) is 14.7. The number of carbonyl (C=O) groups excluding carboxylic acids is 3. The van der Waals surface area contributed by atoms with Crippen molar-refractivity contribution in [3.63, 3.8) is 0 Å². The third-order valence-corrected chi connectivity index (χ3v) is 6.89. The quantitative estimate of drug-likeness (QED) is 0.372. The van der Waals surface area contributed by atoms with Crippen LogP contribution in [0.25, 0.3) is 21.5 Å². The Labute approximate surface area is 194 Å². The number of carbonyl (C=O) groups is 3. The van der Waals surface area contributed by atoms with Crippen LogP contribution in [-0.4, -0.2) is 63.0 Å². The summed E-state index contributed by atoms with van der Waals surface area (Å²) in [6.45, 7) is 2.92. The molecule has 1 atom stereocenters. The van der Waals surface area contributed by atoms with E-state index in [1.54, 1.807) is 45.7 Å². The highest BCUT2D eigenvalue weighted by atomic mass is 32.1. The number of benzene rings is 1. The van der Waals surface area contributed by atoms with Gasteiger partial charge in [0.15, 0.2) is 0 Å². The molecule has 4 aromatic rings. The van der Waals surface area contributed by atoms with E-state index in [4.69, 9.17) is 0 Å². The molecule has 0 bridgehead atoms. The zero-order valence-corrected chi connectivity index (χ0v) is 18.8. The van der Waals surface area contributed by atoms with Crippen LogP contribution in [0.1, 0.15) is 27.6 Å². The number of amides is 2. The molecule has 1 N–H and O–H groups in total. The predicted molar refractivity (Wildman–Crippen MR) is 127 cm³/mol. The molecule has 0 radical (unpaired) electrons. The lowest BCUT2D eigenvalue weighted by Crippen LogP contribution is -2.56. The van der Waals surface area contributed by atoms with Crippen molar-refractivity contribution in [2.45, 2.75) is 13.0 Å². The fourth-order valence-corrected chi connectivity index (χ4v) is 5.05. The van der Waals surface area contributed by atoms with Crippen LogP contribution in [-0.2, 0) is 4.79 Å². The van der Waals surface area contributed by atoms with Gasteiger partial charge in [0.2, 0.25) is 0 Å². The van der Waals surface area contributed by atoms with E-state index < -0.39 is 11.7 Å². The van der Waals surface area contributed by atoms with Gasteiger partial charge in [0.1, 0.15) is 0 Å². The minimum atomic E-state index is -0.591. The Morgan fingerprint density at radius 1 is 1.06 bits per heavy atom. The number of hydrogen-bond acceptors (Lipinski definition) is 5. The number of hydrogen-bond donors (Lipinski definition) is 1. The Hall–Kier alpha value is -3.78. The normalized spacial score (nSPS) is 16.2. The van der Waals surface area contributed by atoms with Crippen LogP contribution in [0.15, 0.2) is 66.3 Å². The molecule has 1 aliphatic heterocycles. The van der Waals surface area contributed by atoms with Crippen molar-refractivity contribution in [1.82, 2.24) is 19.8 Å². The Morgan fingerprint density at radius 3 is 2.61 bits per heavy atom. The largest absolute Gasteiger partial charge is 0.359 e. The first-order valence-electron chi connectivity index (χ1n) is 10.7. The first-order chi connectivity index (χ1) is 16.0. The summed E-state index contributed by atoms with van der Waals surface area (Å²) in [4.78, 5) is 50.9. The molecule has 0 unspecified atom stereocenters. The monoisotopic (exact) mass is 458 g/mol. The molecule has 2 amide bonds. The number of Topliss-reactive ketones (excluding diaryl/α,β-unsaturated/α-hetero) is 1. The molecular formula is C25H22N4O3S. The Bertz CT molecular complexity index is 1330. The molecule has 3 aromatic heterocycles. The van der Waals surface area contributed by atoms with Gasteiger partial charge in [0.25, 0.3) is 17.6 Å². The molecule has 33 heavy (non-hydrogen) atoms. The molecule has 0 aliphatic carbocycles. The lowest BCUT2D eigenvalue weighted by molar-refractivity contribution is -0.130. The molecule has 8 heteroatoms. The number of pyridine rings is 1. The number of fused-ring (bicyclic) bond motifs is 1. The molecule has 166 valence electrons. The fraction of sp³-hybridized carbons (Fsp3) is 0.200. The number of piperazine rings is 1. The van der Waals surface area contributed by atoms with E-state index in [0.717, 1.165) is 16.0 Å². The van der Waals surface area contributed by atoms with Gasteiger partial charge < -0.3 is 14.8 Å². The first kappa shape index (κ1) is 21.1. The summed E-state index contributed by atoms with van der Waals surface area (Å²) in [5.41, 5.74) is 3.06. The van der Waals surface area contributed by atoms with E-state index in [9.17, 15) is 14.4 Å². The van der Waals surface area contributed by atoms with Crippen molar-refractivity contribution in [2.75, 3.05) is 19.6 Å². The van der Waals surface area contributed by atoms with Crippen molar-refractivity contribution in [3.05, 3.63) is 77.4 Å².